The number of hydrogen-bond donors (Lipinski definition) is 2. The van der Waals surface area contributed by atoms with Crippen molar-refractivity contribution in [1.29, 1.82) is 0 Å². The van der Waals surface area contributed by atoms with Crippen LogP contribution in [-0.2, 0) is 13.0 Å². The zero-order chi connectivity index (χ0) is 18.3. The second kappa shape index (κ2) is 6.37. The summed E-state index contributed by atoms with van der Waals surface area (Å²) in [7, 11) is 0. The Labute approximate surface area is 153 Å². The molecule has 3 aromatic carbocycles. The second-order valence-corrected chi connectivity index (χ2v) is 6.99. The van der Waals surface area contributed by atoms with Gasteiger partial charge in [0.2, 0.25) is 0 Å². The first kappa shape index (κ1) is 16.5. The lowest BCUT2D eigenvalue weighted by molar-refractivity contribution is 0.246. The first-order valence-corrected chi connectivity index (χ1v) is 8.88. The highest BCUT2D eigenvalue weighted by Gasteiger charge is 2.25. The van der Waals surface area contributed by atoms with Gasteiger partial charge < -0.3 is 10.4 Å². The minimum Gasteiger partial charge on any atom is -0.508 e. The summed E-state index contributed by atoms with van der Waals surface area (Å²) in [4.78, 5) is 14.5. The molecule has 0 radical (unpaired) electrons. The van der Waals surface area contributed by atoms with E-state index in [4.69, 9.17) is 0 Å². The highest BCUT2D eigenvalue weighted by atomic mass is 16.3. The molecule has 0 spiro atoms. The van der Waals surface area contributed by atoms with Crippen molar-refractivity contribution in [1.82, 2.24) is 5.32 Å². The molecular formula is C22H22N2O2. The van der Waals surface area contributed by atoms with Crippen molar-refractivity contribution >= 4 is 22.5 Å². The minimum absolute atomic E-state index is 0.0576. The molecule has 0 bridgehead atoms. The molecule has 4 rings (SSSR count). The van der Waals surface area contributed by atoms with Crippen molar-refractivity contribution < 1.29 is 9.90 Å². The van der Waals surface area contributed by atoms with Crippen LogP contribution in [0.1, 0.15) is 22.3 Å². The van der Waals surface area contributed by atoms with E-state index in [-0.39, 0.29) is 11.8 Å². The number of carbonyl (C=O) groups excluding carboxylic acids is 1. The molecule has 0 saturated carbocycles. The van der Waals surface area contributed by atoms with E-state index >= 15 is 0 Å². The lowest BCUT2D eigenvalue weighted by atomic mass is 10.0. The Morgan fingerprint density at radius 3 is 2.62 bits per heavy atom. The third kappa shape index (κ3) is 2.99. The van der Waals surface area contributed by atoms with E-state index in [1.807, 2.05) is 29.2 Å². The predicted octanol–water partition coefficient (Wildman–Crippen LogP) is 4.43. The van der Waals surface area contributed by atoms with E-state index in [2.05, 4.69) is 31.3 Å². The maximum absolute atomic E-state index is 12.7. The van der Waals surface area contributed by atoms with Crippen molar-refractivity contribution in [3.05, 3.63) is 70.8 Å². The Morgan fingerprint density at radius 2 is 1.77 bits per heavy atom. The summed E-state index contributed by atoms with van der Waals surface area (Å²) in [5.41, 5.74) is 5.79. The number of phenols is 1. The molecule has 1 aliphatic heterocycles. The third-order valence-corrected chi connectivity index (χ3v) is 5.17. The van der Waals surface area contributed by atoms with Crippen LogP contribution in [0, 0.1) is 13.8 Å². The van der Waals surface area contributed by atoms with E-state index < -0.39 is 0 Å². The molecule has 26 heavy (non-hydrogen) atoms. The van der Waals surface area contributed by atoms with Gasteiger partial charge in [-0.15, -0.1) is 0 Å². The highest BCUT2D eigenvalue weighted by Crippen LogP contribution is 2.30. The molecule has 4 heteroatoms. The maximum Gasteiger partial charge on any atom is 0.322 e. The van der Waals surface area contributed by atoms with Crippen LogP contribution in [0.3, 0.4) is 0 Å². The largest absolute Gasteiger partial charge is 0.508 e. The Hall–Kier alpha value is -3.01. The van der Waals surface area contributed by atoms with Gasteiger partial charge in [-0.05, 0) is 77.6 Å². The summed E-state index contributed by atoms with van der Waals surface area (Å²) in [6, 6.07) is 15.5. The third-order valence-electron chi connectivity index (χ3n) is 5.17. The SMILES string of the molecule is Cc1cc2c(cc1C)N(C(=O)NCc1ccc3cc(O)ccc3c1)CC2. The molecule has 0 saturated heterocycles. The Balaban J connectivity index is 1.48. The summed E-state index contributed by atoms with van der Waals surface area (Å²) in [5, 5.41) is 14.6. The number of phenolic OH excluding ortho intramolecular Hbond substituents is 1. The topological polar surface area (TPSA) is 52.6 Å². The summed E-state index contributed by atoms with van der Waals surface area (Å²) < 4.78 is 0. The molecule has 132 valence electrons. The molecule has 0 atom stereocenters. The standard InChI is InChI=1S/C22H22N2O2/c1-14-9-19-7-8-24(21(19)10-15(14)2)22(26)23-13-16-3-4-18-12-20(25)6-5-17(18)11-16/h3-6,9-12,25H,7-8,13H2,1-2H3,(H,23,26). The molecule has 2 N–H and O–H groups in total. The maximum atomic E-state index is 12.7. The normalized spacial score (nSPS) is 13.1. The van der Waals surface area contributed by atoms with Gasteiger partial charge >= 0.3 is 6.03 Å². The van der Waals surface area contributed by atoms with Crippen LogP contribution in [0.5, 0.6) is 5.75 Å². The van der Waals surface area contributed by atoms with Crippen molar-refractivity contribution in [2.75, 3.05) is 11.4 Å². The molecule has 0 aliphatic carbocycles. The average Bonchev–Trinajstić information content (AvgIpc) is 3.02. The van der Waals surface area contributed by atoms with E-state index in [9.17, 15) is 9.90 Å². The first-order valence-electron chi connectivity index (χ1n) is 8.88. The van der Waals surface area contributed by atoms with Crippen molar-refractivity contribution in [3.8, 4) is 5.75 Å². The fourth-order valence-electron chi connectivity index (χ4n) is 3.54. The number of aromatic hydroxyl groups is 1. The molecule has 0 unspecified atom stereocenters. The molecule has 1 heterocycles. The number of carbonyl (C=O) groups is 1. The number of fused-ring (bicyclic) bond motifs is 2. The summed E-state index contributed by atoms with van der Waals surface area (Å²) in [6.45, 7) is 5.39. The van der Waals surface area contributed by atoms with Crippen LogP contribution in [0.2, 0.25) is 0 Å². The molecule has 2 amide bonds. The lowest BCUT2D eigenvalue weighted by Gasteiger charge is -2.19. The zero-order valence-corrected chi connectivity index (χ0v) is 15.0. The minimum atomic E-state index is -0.0576. The average molecular weight is 346 g/mol. The van der Waals surface area contributed by atoms with Crippen molar-refractivity contribution in [2.24, 2.45) is 0 Å². The van der Waals surface area contributed by atoms with Gasteiger partial charge in [-0.2, -0.15) is 0 Å². The van der Waals surface area contributed by atoms with Gasteiger partial charge in [-0.1, -0.05) is 24.3 Å². The van der Waals surface area contributed by atoms with Crippen LogP contribution in [0.25, 0.3) is 10.8 Å². The first-order chi connectivity index (χ1) is 12.5. The molecule has 0 aromatic heterocycles. The lowest BCUT2D eigenvalue weighted by Crippen LogP contribution is -2.38. The predicted molar refractivity (Wildman–Crippen MR) is 105 cm³/mol. The van der Waals surface area contributed by atoms with Gasteiger partial charge in [0.15, 0.2) is 0 Å². The van der Waals surface area contributed by atoms with Crippen LogP contribution < -0.4 is 10.2 Å². The fourth-order valence-corrected chi connectivity index (χ4v) is 3.54. The Kier molecular flexibility index (Phi) is 4.03. The number of amides is 2. The molecular weight excluding hydrogens is 324 g/mol. The molecule has 1 aliphatic rings. The smallest absolute Gasteiger partial charge is 0.322 e. The van der Waals surface area contributed by atoms with Crippen LogP contribution in [-0.4, -0.2) is 17.7 Å². The Morgan fingerprint density at radius 1 is 1.04 bits per heavy atom. The molecule has 0 fully saturated rings. The highest BCUT2D eigenvalue weighted by molar-refractivity contribution is 5.94. The number of nitrogens with zero attached hydrogens (tertiary/aromatic N) is 1. The summed E-state index contributed by atoms with van der Waals surface area (Å²) in [5.74, 6) is 0.261. The fraction of sp³-hybridized carbons (Fsp3) is 0.227. The van der Waals surface area contributed by atoms with E-state index in [0.29, 0.717) is 6.54 Å². The second-order valence-electron chi connectivity index (χ2n) is 6.99. The van der Waals surface area contributed by atoms with Gasteiger partial charge in [0.1, 0.15) is 5.75 Å². The molecule has 4 nitrogen and oxygen atoms in total. The van der Waals surface area contributed by atoms with Gasteiger partial charge in [-0.25, -0.2) is 4.79 Å². The number of aryl methyl sites for hydroxylation is 2. The number of rotatable bonds is 2. The van der Waals surface area contributed by atoms with E-state index in [0.717, 1.165) is 35.0 Å². The van der Waals surface area contributed by atoms with Gasteiger partial charge in [0.25, 0.3) is 0 Å². The molecule has 3 aromatic rings. The van der Waals surface area contributed by atoms with Crippen LogP contribution in [0.4, 0.5) is 10.5 Å². The Bertz CT molecular complexity index is 1010. The number of anilines is 1. The van der Waals surface area contributed by atoms with Crippen molar-refractivity contribution in [3.63, 3.8) is 0 Å². The number of hydrogen-bond acceptors (Lipinski definition) is 2. The van der Waals surface area contributed by atoms with Gasteiger partial charge in [0, 0.05) is 18.8 Å². The number of nitrogens with one attached hydrogen (secondary N) is 1. The van der Waals surface area contributed by atoms with Gasteiger partial charge in [0.05, 0.1) is 0 Å². The van der Waals surface area contributed by atoms with E-state index in [1.54, 1.807) is 12.1 Å². The monoisotopic (exact) mass is 346 g/mol. The van der Waals surface area contributed by atoms with E-state index in [1.165, 1.54) is 16.7 Å². The van der Waals surface area contributed by atoms with Crippen LogP contribution in [0.15, 0.2) is 48.5 Å². The van der Waals surface area contributed by atoms with Crippen molar-refractivity contribution in [2.45, 2.75) is 26.8 Å². The quantitative estimate of drug-likeness (QED) is 0.721. The zero-order valence-electron chi connectivity index (χ0n) is 15.0. The summed E-state index contributed by atoms with van der Waals surface area (Å²) >= 11 is 0. The number of urea groups is 1. The number of benzene rings is 3. The van der Waals surface area contributed by atoms with Crippen LogP contribution >= 0.6 is 0 Å². The van der Waals surface area contributed by atoms with Gasteiger partial charge in [-0.3, -0.25) is 4.90 Å². The summed E-state index contributed by atoms with van der Waals surface area (Å²) in [6.07, 6.45) is 0.906.